The Morgan fingerprint density at radius 3 is 2.50 bits per heavy atom. The molecule has 0 saturated carbocycles. The number of rotatable bonds is 3. The molecule has 0 spiro atoms. The van der Waals surface area contributed by atoms with E-state index in [1.807, 2.05) is 0 Å². The molecule has 1 aliphatic rings. The van der Waals surface area contributed by atoms with Gasteiger partial charge in [-0.2, -0.15) is 0 Å². The van der Waals surface area contributed by atoms with E-state index in [-0.39, 0.29) is 17.6 Å². The number of nitrogens with two attached hydrogens (primary N) is 1. The lowest BCUT2D eigenvalue weighted by Gasteiger charge is -2.41. The molecule has 0 amide bonds. The molecule has 2 unspecified atom stereocenters. The maximum Gasteiger partial charge on any atom is 0.0512 e. The number of nitrogens with zero attached hydrogens (tertiary/aromatic N) is 1. The van der Waals surface area contributed by atoms with Crippen LogP contribution in [0, 0.1) is 0 Å². The average molecular weight is 311 g/mol. The van der Waals surface area contributed by atoms with Crippen molar-refractivity contribution in [1.82, 2.24) is 4.90 Å². The topological polar surface area (TPSA) is 29.3 Å². The van der Waals surface area contributed by atoms with Crippen LogP contribution in [0.2, 0.25) is 0 Å². The summed E-state index contributed by atoms with van der Waals surface area (Å²) in [5, 5.41) is 0. The van der Waals surface area contributed by atoms with Crippen molar-refractivity contribution in [3.8, 4) is 0 Å². The van der Waals surface area contributed by atoms with E-state index in [9.17, 15) is 0 Å². The van der Waals surface area contributed by atoms with Gasteiger partial charge in [-0.3, -0.25) is 4.90 Å². The first-order chi connectivity index (χ1) is 8.43. The Labute approximate surface area is 119 Å². The molecule has 2 rings (SSSR count). The molecule has 2 N–H and O–H groups in total. The molecule has 0 radical (unpaired) electrons. The van der Waals surface area contributed by atoms with Gasteiger partial charge >= 0.3 is 0 Å². The van der Waals surface area contributed by atoms with Gasteiger partial charge in [0.15, 0.2) is 0 Å². The number of benzene rings is 1. The van der Waals surface area contributed by atoms with Crippen LogP contribution in [0.4, 0.5) is 0 Å². The highest BCUT2D eigenvalue weighted by atomic mass is 79.9. The van der Waals surface area contributed by atoms with Gasteiger partial charge < -0.3 is 5.73 Å². The molecule has 1 heterocycles. The summed E-state index contributed by atoms with van der Waals surface area (Å²) in [4.78, 5) is 2.57. The molecule has 0 aliphatic carbocycles. The van der Waals surface area contributed by atoms with Crippen LogP contribution in [0.25, 0.3) is 0 Å². The summed E-state index contributed by atoms with van der Waals surface area (Å²) in [6, 6.07) is 8.86. The van der Waals surface area contributed by atoms with Crippen molar-refractivity contribution in [1.29, 1.82) is 0 Å². The van der Waals surface area contributed by atoms with Crippen molar-refractivity contribution < 1.29 is 0 Å². The summed E-state index contributed by atoms with van der Waals surface area (Å²) < 4.78 is 1.16. The minimum absolute atomic E-state index is 0.126. The van der Waals surface area contributed by atoms with Crippen molar-refractivity contribution in [3.05, 3.63) is 34.3 Å². The van der Waals surface area contributed by atoms with E-state index < -0.39 is 0 Å². The Hall–Kier alpha value is -0.380. The SMILES string of the molecule is CC(N)C(c1ccccc1Br)N1CCCC1(C)C. The molecule has 100 valence electrons. The van der Waals surface area contributed by atoms with Crippen LogP contribution in [0.5, 0.6) is 0 Å². The largest absolute Gasteiger partial charge is 0.326 e. The molecule has 2 nitrogen and oxygen atoms in total. The monoisotopic (exact) mass is 310 g/mol. The second-order valence-electron chi connectivity index (χ2n) is 5.93. The Morgan fingerprint density at radius 2 is 2.00 bits per heavy atom. The molecule has 18 heavy (non-hydrogen) atoms. The van der Waals surface area contributed by atoms with Gasteiger partial charge in [-0.05, 0) is 51.8 Å². The summed E-state index contributed by atoms with van der Waals surface area (Å²) in [6.45, 7) is 7.90. The summed E-state index contributed by atoms with van der Waals surface area (Å²) in [6.07, 6.45) is 2.52. The zero-order chi connectivity index (χ0) is 13.3. The third-order valence-electron chi connectivity index (χ3n) is 4.02. The highest BCUT2D eigenvalue weighted by Gasteiger charge is 2.39. The lowest BCUT2D eigenvalue weighted by molar-refractivity contribution is 0.101. The number of hydrogen-bond donors (Lipinski definition) is 1. The fraction of sp³-hybridized carbons (Fsp3) is 0.600. The van der Waals surface area contributed by atoms with E-state index in [1.54, 1.807) is 0 Å². The van der Waals surface area contributed by atoms with Crippen molar-refractivity contribution in [2.75, 3.05) is 6.54 Å². The van der Waals surface area contributed by atoms with E-state index in [0.29, 0.717) is 0 Å². The fourth-order valence-corrected chi connectivity index (χ4v) is 3.61. The van der Waals surface area contributed by atoms with Gasteiger partial charge in [0.05, 0.1) is 6.04 Å². The first-order valence-corrected chi connectivity index (χ1v) is 7.49. The summed E-state index contributed by atoms with van der Waals surface area (Å²) in [7, 11) is 0. The van der Waals surface area contributed by atoms with Gasteiger partial charge in [-0.25, -0.2) is 0 Å². The molecule has 1 aromatic carbocycles. The first-order valence-electron chi connectivity index (χ1n) is 6.70. The average Bonchev–Trinajstić information content (AvgIpc) is 2.62. The molecular formula is C15H23BrN2. The first kappa shape index (κ1) is 14.0. The molecular weight excluding hydrogens is 288 g/mol. The molecule has 1 aromatic rings. The van der Waals surface area contributed by atoms with Crippen molar-refractivity contribution in [2.45, 2.75) is 51.2 Å². The molecule has 1 saturated heterocycles. The predicted molar refractivity (Wildman–Crippen MR) is 80.6 cm³/mol. The van der Waals surface area contributed by atoms with Crippen LogP contribution in [0.1, 0.15) is 45.2 Å². The van der Waals surface area contributed by atoms with Crippen LogP contribution >= 0.6 is 15.9 Å². The van der Waals surface area contributed by atoms with E-state index in [1.165, 1.54) is 18.4 Å². The third-order valence-corrected chi connectivity index (χ3v) is 4.74. The van der Waals surface area contributed by atoms with Crippen LogP contribution in [0.3, 0.4) is 0 Å². The molecule has 0 aromatic heterocycles. The van der Waals surface area contributed by atoms with E-state index in [0.717, 1.165) is 11.0 Å². The molecule has 1 aliphatic heterocycles. The predicted octanol–water partition coefficient (Wildman–Crippen LogP) is 3.71. The van der Waals surface area contributed by atoms with E-state index in [2.05, 4.69) is 65.9 Å². The van der Waals surface area contributed by atoms with Gasteiger partial charge in [0.1, 0.15) is 0 Å². The maximum absolute atomic E-state index is 6.28. The van der Waals surface area contributed by atoms with E-state index in [4.69, 9.17) is 5.73 Å². The number of hydrogen-bond acceptors (Lipinski definition) is 2. The van der Waals surface area contributed by atoms with Gasteiger partial charge in [-0.15, -0.1) is 0 Å². The second kappa shape index (κ2) is 5.32. The van der Waals surface area contributed by atoms with Crippen molar-refractivity contribution >= 4 is 15.9 Å². The number of halogens is 1. The molecule has 0 bridgehead atoms. The highest BCUT2D eigenvalue weighted by Crippen LogP contribution is 2.39. The Kier molecular flexibility index (Phi) is 4.15. The molecule has 3 heteroatoms. The highest BCUT2D eigenvalue weighted by molar-refractivity contribution is 9.10. The zero-order valence-corrected chi connectivity index (χ0v) is 13.1. The van der Waals surface area contributed by atoms with Crippen LogP contribution < -0.4 is 5.73 Å². The minimum atomic E-state index is 0.126. The van der Waals surface area contributed by atoms with Crippen LogP contribution in [0.15, 0.2) is 28.7 Å². The van der Waals surface area contributed by atoms with Crippen molar-refractivity contribution in [3.63, 3.8) is 0 Å². The van der Waals surface area contributed by atoms with Crippen molar-refractivity contribution in [2.24, 2.45) is 5.73 Å². The van der Waals surface area contributed by atoms with E-state index >= 15 is 0 Å². The third kappa shape index (κ3) is 2.63. The molecule has 1 fully saturated rings. The maximum atomic E-state index is 6.28. The summed E-state index contributed by atoms with van der Waals surface area (Å²) in [5.74, 6) is 0. The minimum Gasteiger partial charge on any atom is -0.326 e. The summed E-state index contributed by atoms with van der Waals surface area (Å²) >= 11 is 3.67. The standard InChI is InChI=1S/C15H23BrN2/c1-11(17)14(12-7-4-5-8-13(12)16)18-10-6-9-15(18,2)3/h4-5,7-8,11,14H,6,9-10,17H2,1-3H3. The normalized spacial score (nSPS) is 22.9. The Morgan fingerprint density at radius 1 is 1.33 bits per heavy atom. The van der Waals surface area contributed by atoms with Crippen LogP contribution in [-0.2, 0) is 0 Å². The van der Waals surface area contributed by atoms with Gasteiger partial charge in [0.2, 0.25) is 0 Å². The zero-order valence-electron chi connectivity index (χ0n) is 11.5. The molecule has 2 atom stereocenters. The van der Waals surface area contributed by atoms with Gasteiger partial charge in [0, 0.05) is 16.1 Å². The van der Waals surface area contributed by atoms with Gasteiger partial charge in [0.25, 0.3) is 0 Å². The quantitative estimate of drug-likeness (QED) is 0.922. The second-order valence-corrected chi connectivity index (χ2v) is 6.79. The number of likely N-dealkylation sites (tertiary alicyclic amines) is 1. The van der Waals surface area contributed by atoms with Gasteiger partial charge in [-0.1, -0.05) is 34.1 Å². The lowest BCUT2D eigenvalue weighted by Crippen LogP contribution is -2.47. The summed E-state index contributed by atoms with van der Waals surface area (Å²) in [5.41, 5.74) is 7.83. The Balaban J connectivity index is 2.38. The van der Waals surface area contributed by atoms with Crippen LogP contribution in [-0.4, -0.2) is 23.0 Å². The smallest absolute Gasteiger partial charge is 0.0512 e. The lowest BCUT2D eigenvalue weighted by atomic mass is 9.94. The Bertz CT molecular complexity index is 415. The fourth-order valence-electron chi connectivity index (χ4n) is 3.09.